The van der Waals surface area contributed by atoms with Crippen molar-refractivity contribution in [1.29, 1.82) is 5.26 Å². The SMILES string of the molecule is CC(NC(=O)NC1CCCC1)c1ccc(C#N)cc1. The fourth-order valence-corrected chi connectivity index (χ4v) is 2.42. The Balaban J connectivity index is 1.86. The third-order valence-electron chi connectivity index (χ3n) is 3.58. The molecule has 100 valence electrons. The minimum atomic E-state index is -0.108. The van der Waals surface area contributed by atoms with Crippen molar-refractivity contribution >= 4 is 6.03 Å². The largest absolute Gasteiger partial charge is 0.335 e. The van der Waals surface area contributed by atoms with E-state index < -0.39 is 0 Å². The number of nitrogens with one attached hydrogen (secondary N) is 2. The molecule has 1 aromatic rings. The maximum Gasteiger partial charge on any atom is 0.315 e. The van der Waals surface area contributed by atoms with Gasteiger partial charge in [-0.15, -0.1) is 0 Å². The van der Waals surface area contributed by atoms with E-state index in [9.17, 15) is 4.79 Å². The lowest BCUT2D eigenvalue weighted by Gasteiger charge is -2.17. The number of carbonyl (C=O) groups excluding carboxylic acids is 1. The van der Waals surface area contributed by atoms with Crippen molar-refractivity contribution in [1.82, 2.24) is 10.6 Å². The van der Waals surface area contributed by atoms with Gasteiger partial charge < -0.3 is 10.6 Å². The van der Waals surface area contributed by atoms with Crippen LogP contribution >= 0.6 is 0 Å². The van der Waals surface area contributed by atoms with E-state index in [0.717, 1.165) is 18.4 Å². The second-order valence-corrected chi connectivity index (χ2v) is 5.05. The number of benzene rings is 1. The maximum atomic E-state index is 11.8. The van der Waals surface area contributed by atoms with Crippen LogP contribution in [0, 0.1) is 11.3 Å². The van der Waals surface area contributed by atoms with Crippen LogP contribution < -0.4 is 10.6 Å². The van der Waals surface area contributed by atoms with Crippen LogP contribution in [0.3, 0.4) is 0 Å². The molecular weight excluding hydrogens is 238 g/mol. The van der Waals surface area contributed by atoms with E-state index in [-0.39, 0.29) is 12.1 Å². The Morgan fingerprint density at radius 2 is 1.95 bits per heavy atom. The number of hydrogen-bond donors (Lipinski definition) is 2. The number of hydrogen-bond acceptors (Lipinski definition) is 2. The molecule has 0 bridgehead atoms. The standard InChI is InChI=1S/C15H19N3O/c1-11(13-8-6-12(10-16)7-9-13)17-15(19)18-14-4-2-3-5-14/h6-9,11,14H,2-5H2,1H3,(H2,17,18,19). The van der Waals surface area contributed by atoms with Crippen molar-refractivity contribution in [3.8, 4) is 6.07 Å². The molecule has 0 heterocycles. The first kappa shape index (κ1) is 13.4. The van der Waals surface area contributed by atoms with Gasteiger partial charge in [0.05, 0.1) is 17.7 Å². The number of rotatable bonds is 3. The quantitative estimate of drug-likeness (QED) is 0.874. The van der Waals surface area contributed by atoms with Gasteiger partial charge in [0.25, 0.3) is 0 Å². The van der Waals surface area contributed by atoms with Crippen molar-refractivity contribution < 1.29 is 4.79 Å². The molecule has 4 nitrogen and oxygen atoms in total. The summed E-state index contributed by atoms with van der Waals surface area (Å²) in [5.41, 5.74) is 1.63. The van der Waals surface area contributed by atoms with Gasteiger partial charge in [0.1, 0.15) is 0 Å². The summed E-state index contributed by atoms with van der Waals surface area (Å²) in [6, 6.07) is 9.52. The van der Waals surface area contributed by atoms with Gasteiger partial charge in [-0.1, -0.05) is 25.0 Å². The molecule has 1 aliphatic carbocycles. The van der Waals surface area contributed by atoms with Crippen LogP contribution in [0.2, 0.25) is 0 Å². The highest BCUT2D eigenvalue weighted by atomic mass is 16.2. The second kappa shape index (κ2) is 6.24. The summed E-state index contributed by atoms with van der Waals surface area (Å²) in [6.45, 7) is 1.94. The normalized spacial score (nSPS) is 16.6. The first-order chi connectivity index (χ1) is 9.19. The van der Waals surface area contributed by atoms with Crippen LogP contribution in [-0.2, 0) is 0 Å². The fraction of sp³-hybridized carbons (Fsp3) is 0.467. The van der Waals surface area contributed by atoms with Crippen molar-refractivity contribution in [2.45, 2.75) is 44.7 Å². The average molecular weight is 257 g/mol. The smallest absolute Gasteiger partial charge is 0.315 e. The maximum absolute atomic E-state index is 11.8. The van der Waals surface area contributed by atoms with Crippen LogP contribution in [0.25, 0.3) is 0 Å². The minimum Gasteiger partial charge on any atom is -0.335 e. The number of amides is 2. The molecular formula is C15H19N3O. The lowest BCUT2D eigenvalue weighted by Crippen LogP contribution is -2.41. The van der Waals surface area contributed by atoms with Crippen LogP contribution in [0.15, 0.2) is 24.3 Å². The van der Waals surface area contributed by atoms with Gasteiger partial charge in [-0.3, -0.25) is 0 Å². The molecule has 0 radical (unpaired) electrons. The Labute approximate surface area is 113 Å². The Kier molecular flexibility index (Phi) is 4.40. The molecule has 4 heteroatoms. The topological polar surface area (TPSA) is 64.9 Å². The molecule has 0 spiro atoms. The van der Waals surface area contributed by atoms with Crippen molar-refractivity contribution in [2.24, 2.45) is 0 Å². The molecule has 2 rings (SSSR count). The summed E-state index contributed by atoms with van der Waals surface area (Å²) in [4.78, 5) is 11.8. The van der Waals surface area contributed by atoms with Gasteiger partial charge in [-0.05, 0) is 37.5 Å². The van der Waals surface area contributed by atoms with Gasteiger partial charge in [0.15, 0.2) is 0 Å². The van der Waals surface area contributed by atoms with E-state index in [0.29, 0.717) is 11.6 Å². The zero-order valence-electron chi connectivity index (χ0n) is 11.1. The summed E-state index contributed by atoms with van der Waals surface area (Å²) in [5.74, 6) is 0. The van der Waals surface area contributed by atoms with Crippen molar-refractivity contribution in [3.05, 3.63) is 35.4 Å². The summed E-state index contributed by atoms with van der Waals surface area (Å²) >= 11 is 0. The Morgan fingerprint density at radius 1 is 1.32 bits per heavy atom. The van der Waals surface area contributed by atoms with Gasteiger partial charge >= 0.3 is 6.03 Å². The number of carbonyl (C=O) groups is 1. The molecule has 1 fully saturated rings. The summed E-state index contributed by atoms with van der Waals surface area (Å²) in [5, 5.41) is 14.7. The Morgan fingerprint density at radius 3 is 2.53 bits per heavy atom. The highest BCUT2D eigenvalue weighted by Gasteiger charge is 2.18. The van der Waals surface area contributed by atoms with Crippen molar-refractivity contribution in [3.63, 3.8) is 0 Å². The Hall–Kier alpha value is -2.02. The molecule has 1 unspecified atom stereocenters. The zero-order valence-corrected chi connectivity index (χ0v) is 11.1. The van der Waals surface area contributed by atoms with Crippen LogP contribution in [0.4, 0.5) is 4.79 Å². The van der Waals surface area contributed by atoms with E-state index in [1.165, 1.54) is 12.8 Å². The van der Waals surface area contributed by atoms with Crippen LogP contribution in [0.5, 0.6) is 0 Å². The Bertz CT molecular complexity index is 469. The first-order valence-corrected chi connectivity index (χ1v) is 6.76. The summed E-state index contributed by atoms with van der Waals surface area (Å²) < 4.78 is 0. The van der Waals surface area contributed by atoms with E-state index in [4.69, 9.17) is 5.26 Å². The average Bonchev–Trinajstić information content (AvgIpc) is 2.91. The lowest BCUT2D eigenvalue weighted by atomic mass is 10.1. The lowest BCUT2D eigenvalue weighted by molar-refractivity contribution is 0.234. The van der Waals surface area contributed by atoms with E-state index >= 15 is 0 Å². The minimum absolute atomic E-state index is 0.0610. The number of nitrogens with zero attached hydrogens (tertiary/aromatic N) is 1. The highest BCUT2D eigenvalue weighted by Crippen LogP contribution is 2.18. The monoisotopic (exact) mass is 257 g/mol. The molecule has 1 aromatic carbocycles. The van der Waals surface area contributed by atoms with Gasteiger partial charge in [0, 0.05) is 6.04 Å². The van der Waals surface area contributed by atoms with Gasteiger partial charge in [-0.25, -0.2) is 4.79 Å². The van der Waals surface area contributed by atoms with E-state index in [2.05, 4.69) is 16.7 Å². The summed E-state index contributed by atoms with van der Waals surface area (Å²) in [7, 11) is 0. The highest BCUT2D eigenvalue weighted by molar-refractivity contribution is 5.74. The molecule has 1 atom stereocenters. The summed E-state index contributed by atoms with van der Waals surface area (Å²) in [6.07, 6.45) is 4.57. The number of urea groups is 1. The first-order valence-electron chi connectivity index (χ1n) is 6.76. The number of nitriles is 1. The van der Waals surface area contributed by atoms with Gasteiger partial charge in [-0.2, -0.15) is 5.26 Å². The van der Waals surface area contributed by atoms with Gasteiger partial charge in [0.2, 0.25) is 0 Å². The molecule has 0 aliphatic heterocycles. The molecule has 2 amide bonds. The second-order valence-electron chi connectivity index (χ2n) is 5.05. The third-order valence-corrected chi connectivity index (χ3v) is 3.58. The van der Waals surface area contributed by atoms with E-state index in [1.807, 2.05) is 19.1 Å². The molecule has 1 saturated carbocycles. The predicted octanol–water partition coefficient (Wildman–Crippen LogP) is 2.86. The van der Waals surface area contributed by atoms with E-state index in [1.54, 1.807) is 12.1 Å². The van der Waals surface area contributed by atoms with Crippen LogP contribution in [0.1, 0.15) is 49.8 Å². The zero-order chi connectivity index (χ0) is 13.7. The molecule has 1 aliphatic rings. The third kappa shape index (κ3) is 3.72. The molecule has 0 aromatic heterocycles. The predicted molar refractivity (Wildman–Crippen MR) is 73.5 cm³/mol. The van der Waals surface area contributed by atoms with Crippen molar-refractivity contribution in [2.75, 3.05) is 0 Å². The molecule has 2 N–H and O–H groups in total. The van der Waals surface area contributed by atoms with Crippen LogP contribution in [-0.4, -0.2) is 12.1 Å². The fourth-order valence-electron chi connectivity index (χ4n) is 2.42. The molecule has 19 heavy (non-hydrogen) atoms. The molecule has 0 saturated heterocycles.